The van der Waals surface area contributed by atoms with Crippen molar-refractivity contribution in [3.8, 4) is 0 Å². The minimum atomic E-state index is 1.06. The number of benzene rings is 4. The highest BCUT2D eigenvalue weighted by Gasteiger charge is 2.22. The van der Waals surface area contributed by atoms with Crippen LogP contribution < -0.4 is 0 Å². The normalized spacial score (nSPS) is 13.1. The molecule has 0 heterocycles. The molecule has 0 atom stereocenters. The molecular weight excluding hydrogens is 518 g/mol. The summed E-state index contributed by atoms with van der Waals surface area (Å²) in [6.45, 7) is 0. The van der Waals surface area contributed by atoms with E-state index in [1.807, 2.05) is 0 Å². The summed E-state index contributed by atoms with van der Waals surface area (Å²) >= 11 is 5.13. The van der Waals surface area contributed by atoms with Gasteiger partial charge in [-0.2, -0.15) is 0 Å². The van der Waals surface area contributed by atoms with Gasteiger partial charge in [-0.1, -0.05) is 48.5 Å². The van der Waals surface area contributed by atoms with Gasteiger partial charge in [0, 0.05) is 7.14 Å². The van der Waals surface area contributed by atoms with Crippen LogP contribution >= 0.6 is 45.2 Å². The van der Waals surface area contributed by atoms with Gasteiger partial charge >= 0.3 is 0 Å². The Morgan fingerprint density at radius 1 is 0.583 bits per heavy atom. The molecule has 0 spiro atoms. The zero-order chi connectivity index (χ0) is 16.3. The zero-order valence-electron chi connectivity index (χ0n) is 12.9. The van der Waals surface area contributed by atoms with E-state index in [0.29, 0.717) is 0 Å². The van der Waals surface area contributed by atoms with Crippen LogP contribution in [-0.2, 0) is 12.8 Å². The van der Waals surface area contributed by atoms with Crippen LogP contribution in [0, 0.1) is 7.14 Å². The highest BCUT2D eigenvalue weighted by molar-refractivity contribution is 14.1. The van der Waals surface area contributed by atoms with E-state index in [4.69, 9.17) is 0 Å². The van der Waals surface area contributed by atoms with Gasteiger partial charge in [0.05, 0.1) is 0 Å². The van der Waals surface area contributed by atoms with E-state index in [2.05, 4.69) is 106 Å². The molecule has 0 aromatic heterocycles. The van der Waals surface area contributed by atoms with Gasteiger partial charge in [0.1, 0.15) is 0 Å². The molecule has 116 valence electrons. The minimum Gasteiger partial charge on any atom is -0.0620 e. The standard InChI is InChI=1S/C22H14I2/c23-21-17-9-13-5-1-2-6-14(13)10-18(17)22(24)20-12-16-8-4-3-7-15(16)11-19(20)21/h1-10H,11-12H2. The predicted molar refractivity (Wildman–Crippen MR) is 119 cm³/mol. The van der Waals surface area contributed by atoms with Gasteiger partial charge in [-0.3, -0.25) is 0 Å². The molecule has 2 heteroatoms. The Morgan fingerprint density at radius 3 is 1.46 bits per heavy atom. The molecule has 4 aromatic carbocycles. The first kappa shape index (κ1) is 15.1. The predicted octanol–water partition coefficient (Wildman–Crippen LogP) is 6.70. The summed E-state index contributed by atoms with van der Waals surface area (Å²) in [6.07, 6.45) is 2.12. The third kappa shape index (κ3) is 2.22. The highest BCUT2D eigenvalue weighted by Crippen LogP contribution is 2.39. The van der Waals surface area contributed by atoms with Gasteiger partial charge < -0.3 is 0 Å². The van der Waals surface area contributed by atoms with Crippen LogP contribution in [0.2, 0.25) is 0 Å². The second kappa shape index (κ2) is 5.70. The fourth-order valence-corrected chi connectivity index (χ4v) is 5.77. The number of hydrogen-bond donors (Lipinski definition) is 0. The van der Waals surface area contributed by atoms with Crippen LogP contribution in [0.5, 0.6) is 0 Å². The summed E-state index contributed by atoms with van der Waals surface area (Å²) in [5.41, 5.74) is 6.03. The fraction of sp³-hybridized carbons (Fsp3) is 0.0909. The molecule has 4 aromatic rings. The second-order valence-corrected chi connectivity index (χ2v) is 8.61. The first-order valence-corrected chi connectivity index (χ1v) is 10.3. The van der Waals surface area contributed by atoms with E-state index in [0.717, 1.165) is 12.8 Å². The first-order valence-electron chi connectivity index (χ1n) is 8.10. The van der Waals surface area contributed by atoms with Crippen LogP contribution in [-0.4, -0.2) is 0 Å². The molecule has 0 unspecified atom stereocenters. The smallest absolute Gasteiger partial charge is 0.0248 e. The van der Waals surface area contributed by atoms with Crippen LogP contribution in [0.4, 0.5) is 0 Å². The second-order valence-electron chi connectivity index (χ2n) is 6.45. The van der Waals surface area contributed by atoms with Crippen molar-refractivity contribution in [3.05, 3.63) is 90.1 Å². The van der Waals surface area contributed by atoms with E-state index in [-0.39, 0.29) is 0 Å². The topological polar surface area (TPSA) is 0 Å². The Kier molecular flexibility index (Phi) is 3.59. The van der Waals surface area contributed by atoms with Crippen molar-refractivity contribution in [2.45, 2.75) is 12.8 Å². The molecule has 0 saturated heterocycles. The summed E-state index contributed by atoms with van der Waals surface area (Å²) in [4.78, 5) is 0. The van der Waals surface area contributed by atoms with Crippen molar-refractivity contribution in [1.82, 2.24) is 0 Å². The van der Waals surface area contributed by atoms with E-state index in [1.54, 1.807) is 0 Å². The summed E-state index contributed by atoms with van der Waals surface area (Å²) in [6, 6.07) is 22.3. The Balaban J connectivity index is 1.86. The zero-order valence-corrected chi connectivity index (χ0v) is 17.3. The van der Waals surface area contributed by atoms with Crippen molar-refractivity contribution >= 4 is 66.7 Å². The van der Waals surface area contributed by atoms with Crippen molar-refractivity contribution in [2.24, 2.45) is 0 Å². The van der Waals surface area contributed by atoms with Gasteiger partial charge in [-0.05, 0) is 114 Å². The maximum atomic E-state index is 2.57. The Labute approximate surface area is 168 Å². The van der Waals surface area contributed by atoms with Gasteiger partial charge in [0.2, 0.25) is 0 Å². The number of fused-ring (bicyclic) bond motifs is 4. The van der Waals surface area contributed by atoms with E-state index >= 15 is 0 Å². The van der Waals surface area contributed by atoms with Gasteiger partial charge in [-0.15, -0.1) is 0 Å². The minimum absolute atomic E-state index is 1.06. The van der Waals surface area contributed by atoms with Crippen molar-refractivity contribution in [3.63, 3.8) is 0 Å². The number of rotatable bonds is 0. The monoisotopic (exact) mass is 532 g/mol. The largest absolute Gasteiger partial charge is 0.0620 e. The van der Waals surface area contributed by atoms with E-state index < -0.39 is 0 Å². The summed E-state index contributed by atoms with van der Waals surface area (Å²) in [7, 11) is 0. The lowest BCUT2D eigenvalue weighted by Gasteiger charge is -2.24. The average Bonchev–Trinajstić information content (AvgIpc) is 2.64. The molecule has 0 saturated carbocycles. The average molecular weight is 532 g/mol. The lowest BCUT2D eigenvalue weighted by Crippen LogP contribution is -2.11. The maximum absolute atomic E-state index is 2.57. The van der Waals surface area contributed by atoms with Crippen molar-refractivity contribution in [1.29, 1.82) is 0 Å². The molecule has 24 heavy (non-hydrogen) atoms. The lowest BCUT2D eigenvalue weighted by atomic mass is 9.84. The van der Waals surface area contributed by atoms with Gasteiger partial charge in [-0.25, -0.2) is 0 Å². The highest BCUT2D eigenvalue weighted by atomic mass is 127. The third-order valence-electron chi connectivity index (χ3n) is 5.11. The van der Waals surface area contributed by atoms with Crippen molar-refractivity contribution < 1.29 is 0 Å². The lowest BCUT2D eigenvalue weighted by molar-refractivity contribution is 0.992. The molecule has 0 bridgehead atoms. The first-order chi connectivity index (χ1) is 11.7. The van der Waals surface area contributed by atoms with Crippen LogP contribution in [0.1, 0.15) is 22.3 Å². The molecule has 1 aliphatic rings. The summed E-state index contributed by atoms with van der Waals surface area (Å²) in [5, 5.41) is 5.46. The molecule has 0 nitrogen and oxygen atoms in total. The summed E-state index contributed by atoms with van der Waals surface area (Å²) in [5.74, 6) is 0. The molecule has 0 radical (unpaired) electrons. The molecule has 1 aliphatic carbocycles. The Bertz CT molecular complexity index is 1040. The van der Waals surface area contributed by atoms with Crippen molar-refractivity contribution in [2.75, 3.05) is 0 Å². The molecular formula is C22H14I2. The molecule has 0 amide bonds. The Hall–Kier alpha value is -1.14. The van der Waals surface area contributed by atoms with Crippen LogP contribution in [0.25, 0.3) is 21.5 Å². The van der Waals surface area contributed by atoms with E-state index in [9.17, 15) is 0 Å². The summed E-state index contributed by atoms with van der Waals surface area (Å²) < 4.78 is 2.86. The van der Waals surface area contributed by atoms with Gasteiger partial charge in [0.15, 0.2) is 0 Å². The number of hydrogen-bond acceptors (Lipinski definition) is 0. The van der Waals surface area contributed by atoms with E-state index in [1.165, 1.54) is 50.9 Å². The Morgan fingerprint density at radius 2 is 1.00 bits per heavy atom. The number of halogens is 2. The fourth-order valence-electron chi connectivity index (χ4n) is 3.85. The molecule has 5 rings (SSSR count). The molecule has 0 aliphatic heterocycles. The quantitative estimate of drug-likeness (QED) is 0.154. The maximum Gasteiger partial charge on any atom is 0.0248 e. The third-order valence-corrected chi connectivity index (χ3v) is 7.57. The molecule has 0 fully saturated rings. The van der Waals surface area contributed by atoms with Crippen LogP contribution in [0.3, 0.4) is 0 Å². The molecule has 0 N–H and O–H groups in total. The van der Waals surface area contributed by atoms with Gasteiger partial charge in [0.25, 0.3) is 0 Å². The van der Waals surface area contributed by atoms with Crippen LogP contribution in [0.15, 0.2) is 60.7 Å². The SMILES string of the molecule is Ic1c2c(c(I)c3cc4ccccc4cc13)Cc1ccccc1C2.